The molecule has 1 heterocycles. The number of anilines is 1. The van der Waals surface area contributed by atoms with Crippen LogP contribution in [0.4, 0.5) is 5.69 Å². The van der Waals surface area contributed by atoms with Crippen molar-refractivity contribution in [3.8, 4) is 0 Å². The van der Waals surface area contributed by atoms with Crippen molar-refractivity contribution in [3.63, 3.8) is 0 Å². The van der Waals surface area contributed by atoms with E-state index in [1.165, 1.54) is 0 Å². The maximum absolute atomic E-state index is 12.3. The average Bonchev–Trinajstić information content (AvgIpc) is 2.97. The van der Waals surface area contributed by atoms with E-state index in [1.807, 2.05) is 31.2 Å². The lowest BCUT2D eigenvalue weighted by atomic mass is 10.1. The van der Waals surface area contributed by atoms with Gasteiger partial charge in [-0.3, -0.25) is 9.59 Å². The van der Waals surface area contributed by atoms with Crippen molar-refractivity contribution in [1.29, 1.82) is 0 Å². The topological polar surface area (TPSA) is 52.7 Å². The Hall–Kier alpha value is -1.88. The lowest BCUT2D eigenvalue weighted by molar-refractivity contribution is -0.126. The Morgan fingerprint density at radius 1 is 1.33 bits per heavy atom. The number of nitrogens with zero attached hydrogens (tertiary/aromatic N) is 2. The fraction of sp³-hybridized carbons (Fsp3) is 0.579. The first-order valence-electron chi connectivity index (χ1n) is 8.92. The van der Waals surface area contributed by atoms with Crippen LogP contribution in [-0.2, 0) is 9.59 Å². The summed E-state index contributed by atoms with van der Waals surface area (Å²) in [6, 6.07) is 7.86. The average molecular weight is 331 g/mol. The van der Waals surface area contributed by atoms with Crippen molar-refractivity contribution in [3.05, 3.63) is 29.8 Å². The molecule has 0 bridgehead atoms. The molecule has 132 valence electrons. The van der Waals surface area contributed by atoms with Gasteiger partial charge in [-0.2, -0.15) is 0 Å². The Bertz CT molecular complexity index is 569. The van der Waals surface area contributed by atoms with E-state index < -0.39 is 0 Å². The number of carbonyl (C=O) groups excluding carboxylic acids is 2. The van der Waals surface area contributed by atoms with Crippen LogP contribution in [0.2, 0.25) is 0 Å². The van der Waals surface area contributed by atoms with Gasteiger partial charge in [-0.15, -0.1) is 0 Å². The van der Waals surface area contributed by atoms with Gasteiger partial charge in [-0.05, 0) is 50.7 Å². The molecule has 1 aromatic carbocycles. The maximum Gasteiger partial charge on any atom is 0.227 e. The van der Waals surface area contributed by atoms with Gasteiger partial charge >= 0.3 is 0 Å². The van der Waals surface area contributed by atoms with Gasteiger partial charge in [0.1, 0.15) is 0 Å². The molecule has 0 aromatic heterocycles. The number of rotatable bonds is 8. The van der Waals surface area contributed by atoms with Gasteiger partial charge in [0.2, 0.25) is 11.8 Å². The zero-order chi connectivity index (χ0) is 17.5. The van der Waals surface area contributed by atoms with Crippen LogP contribution < -0.4 is 10.2 Å². The van der Waals surface area contributed by atoms with E-state index in [1.54, 1.807) is 4.90 Å². The highest BCUT2D eigenvalue weighted by atomic mass is 16.2. The van der Waals surface area contributed by atoms with Gasteiger partial charge in [0.05, 0.1) is 5.92 Å². The second-order valence-electron chi connectivity index (χ2n) is 6.42. The summed E-state index contributed by atoms with van der Waals surface area (Å²) in [6.45, 7) is 10.5. The number of nitrogens with one attached hydrogen (secondary N) is 1. The van der Waals surface area contributed by atoms with E-state index >= 15 is 0 Å². The fourth-order valence-corrected chi connectivity index (χ4v) is 3.13. The largest absolute Gasteiger partial charge is 0.356 e. The zero-order valence-corrected chi connectivity index (χ0v) is 15.0. The normalized spacial score (nSPS) is 17.6. The SMILES string of the molecule is CCN(CC)CCCNC(=O)C1CC(=O)N(c2cccc(C)c2)C1. The van der Waals surface area contributed by atoms with Crippen LogP contribution in [0.3, 0.4) is 0 Å². The Morgan fingerprint density at radius 2 is 2.08 bits per heavy atom. The molecule has 0 spiro atoms. The molecule has 1 aromatic rings. The van der Waals surface area contributed by atoms with Crippen LogP contribution in [0.5, 0.6) is 0 Å². The predicted molar refractivity (Wildman–Crippen MR) is 97.1 cm³/mol. The Labute approximate surface area is 145 Å². The molecule has 1 aliphatic rings. The van der Waals surface area contributed by atoms with Crippen LogP contribution >= 0.6 is 0 Å². The standard InChI is InChI=1S/C19H29N3O2/c1-4-21(5-2)11-7-10-20-19(24)16-13-18(23)22(14-16)17-9-6-8-15(3)12-17/h6,8-9,12,16H,4-5,7,10-11,13-14H2,1-3H3,(H,20,24). The molecule has 1 unspecified atom stereocenters. The molecule has 1 atom stereocenters. The van der Waals surface area contributed by atoms with E-state index in [-0.39, 0.29) is 17.7 Å². The van der Waals surface area contributed by atoms with Gasteiger partial charge in [0.25, 0.3) is 0 Å². The third-order valence-corrected chi connectivity index (χ3v) is 4.65. The van der Waals surface area contributed by atoms with Crippen molar-refractivity contribution in [1.82, 2.24) is 10.2 Å². The van der Waals surface area contributed by atoms with Crippen molar-refractivity contribution >= 4 is 17.5 Å². The maximum atomic E-state index is 12.3. The van der Waals surface area contributed by atoms with Crippen LogP contribution in [0.25, 0.3) is 0 Å². The summed E-state index contributed by atoms with van der Waals surface area (Å²) < 4.78 is 0. The van der Waals surface area contributed by atoms with E-state index in [9.17, 15) is 9.59 Å². The van der Waals surface area contributed by atoms with Crippen LogP contribution in [0.15, 0.2) is 24.3 Å². The number of carbonyl (C=O) groups is 2. The molecule has 5 heteroatoms. The predicted octanol–water partition coefficient (Wildman–Crippen LogP) is 2.20. The molecule has 5 nitrogen and oxygen atoms in total. The third kappa shape index (κ3) is 4.81. The monoisotopic (exact) mass is 331 g/mol. The highest BCUT2D eigenvalue weighted by Crippen LogP contribution is 2.25. The molecule has 0 radical (unpaired) electrons. The van der Waals surface area contributed by atoms with E-state index in [0.29, 0.717) is 19.5 Å². The quantitative estimate of drug-likeness (QED) is 0.743. The first-order chi connectivity index (χ1) is 11.5. The number of amides is 2. The van der Waals surface area contributed by atoms with Crippen molar-refractivity contribution in [2.75, 3.05) is 37.6 Å². The highest BCUT2D eigenvalue weighted by Gasteiger charge is 2.34. The van der Waals surface area contributed by atoms with Crippen molar-refractivity contribution < 1.29 is 9.59 Å². The fourth-order valence-electron chi connectivity index (χ4n) is 3.13. The van der Waals surface area contributed by atoms with Gasteiger partial charge in [0.15, 0.2) is 0 Å². The minimum Gasteiger partial charge on any atom is -0.356 e. The second kappa shape index (κ2) is 8.83. The number of aryl methyl sites for hydroxylation is 1. The molecular formula is C19H29N3O2. The van der Waals surface area contributed by atoms with Crippen LogP contribution in [0.1, 0.15) is 32.3 Å². The lowest BCUT2D eigenvalue weighted by Crippen LogP contribution is -2.35. The van der Waals surface area contributed by atoms with Crippen LogP contribution in [0, 0.1) is 12.8 Å². The molecule has 1 aliphatic heterocycles. The summed E-state index contributed by atoms with van der Waals surface area (Å²) in [5.41, 5.74) is 2.00. The molecule has 1 saturated heterocycles. The van der Waals surface area contributed by atoms with Gasteiger partial charge in [-0.1, -0.05) is 26.0 Å². The smallest absolute Gasteiger partial charge is 0.227 e. The van der Waals surface area contributed by atoms with Crippen molar-refractivity contribution in [2.45, 2.75) is 33.6 Å². The van der Waals surface area contributed by atoms with Crippen molar-refractivity contribution in [2.24, 2.45) is 5.92 Å². The van der Waals surface area contributed by atoms with E-state index in [0.717, 1.165) is 37.3 Å². The lowest BCUT2D eigenvalue weighted by Gasteiger charge is -2.18. The van der Waals surface area contributed by atoms with Gasteiger partial charge in [0, 0.05) is 25.2 Å². The molecule has 2 rings (SSSR count). The second-order valence-corrected chi connectivity index (χ2v) is 6.42. The molecule has 1 N–H and O–H groups in total. The number of benzene rings is 1. The molecule has 0 saturated carbocycles. The molecule has 0 aliphatic carbocycles. The molecule has 24 heavy (non-hydrogen) atoms. The first kappa shape index (κ1) is 18.5. The molecule has 2 amide bonds. The Kier molecular flexibility index (Phi) is 6.79. The number of hydrogen-bond acceptors (Lipinski definition) is 3. The van der Waals surface area contributed by atoms with E-state index in [4.69, 9.17) is 0 Å². The first-order valence-corrected chi connectivity index (χ1v) is 8.92. The minimum atomic E-state index is -0.244. The third-order valence-electron chi connectivity index (χ3n) is 4.65. The van der Waals surface area contributed by atoms with Gasteiger partial charge < -0.3 is 15.1 Å². The number of hydrogen-bond donors (Lipinski definition) is 1. The van der Waals surface area contributed by atoms with Crippen LogP contribution in [-0.4, -0.2) is 49.4 Å². The summed E-state index contributed by atoms with van der Waals surface area (Å²) in [4.78, 5) is 28.6. The summed E-state index contributed by atoms with van der Waals surface area (Å²) >= 11 is 0. The summed E-state index contributed by atoms with van der Waals surface area (Å²) in [5, 5.41) is 2.99. The molecule has 1 fully saturated rings. The Balaban J connectivity index is 1.81. The van der Waals surface area contributed by atoms with Gasteiger partial charge in [-0.25, -0.2) is 0 Å². The highest BCUT2D eigenvalue weighted by molar-refractivity contribution is 6.00. The zero-order valence-electron chi connectivity index (χ0n) is 15.0. The molecular weight excluding hydrogens is 302 g/mol. The Morgan fingerprint density at radius 3 is 2.75 bits per heavy atom. The van der Waals surface area contributed by atoms with E-state index in [2.05, 4.69) is 24.1 Å². The summed E-state index contributed by atoms with van der Waals surface area (Å²) in [5.74, 6) is -0.214. The summed E-state index contributed by atoms with van der Waals surface area (Å²) in [6.07, 6.45) is 1.24. The minimum absolute atomic E-state index is 0.00181. The summed E-state index contributed by atoms with van der Waals surface area (Å²) in [7, 11) is 0.